The average molecular weight is 330 g/mol. The first-order valence-corrected chi connectivity index (χ1v) is 8.11. The van der Waals surface area contributed by atoms with E-state index in [9.17, 15) is 4.79 Å². The highest BCUT2D eigenvalue weighted by molar-refractivity contribution is 5.94. The first-order chi connectivity index (χ1) is 11.5. The average Bonchev–Trinajstić information content (AvgIpc) is 3.00. The van der Waals surface area contributed by atoms with Crippen LogP contribution in [0.2, 0.25) is 0 Å². The molecular formula is C16H22N6O2. The minimum atomic E-state index is -0.0473. The number of H-pyrrole nitrogens is 1. The molecule has 1 aliphatic heterocycles. The zero-order valence-electron chi connectivity index (χ0n) is 13.9. The molecule has 0 saturated carbocycles. The van der Waals surface area contributed by atoms with E-state index < -0.39 is 0 Å². The van der Waals surface area contributed by atoms with Gasteiger partial charge in [0.1, 0.15) is 11.6 Å². The van der Waals surface area contributed by atoms with E-state index >= 15 is 0 Å². The molecule has 1 amide bonds. The fourth-order valence-electron chi connectivity index (χ4n) is 2.91. The smallest absolute Gasteiger partial charge is 0.255 e. The normalized spacial score (nSPS) is 18.0. The third-order valence-corrected chi connectivity index (χ3v) is 3.95. The van der Waals surface area contributed by atoms with Gasteiger partial charge in [0.2, 0.25) is 5.95 Å². The maximum Gasteiger partial charge on any atom is 0.255 e. The molecular weight excluding hydrogens is 308 g/mol. The van der Waals surface area contributed by atoms with Crippen molar-refractivity contribution in [2.75, 3.05) is 18.8 Å². The minimum absolute atomic E-state index is 0.0356. The Bertz CT molecular complexity index is 714. The fourth-order valence-corrected chi connectivity index (χ4v) is 2.91. The summed E-state index contributed by atoms with van der Waals surface area (Å²) in [5.74, 6) is 1.65. The molecule has 0 aliphatic carbocycles. The van der Waals surface area contributed by atoms with Crippen molar-refractivity contribution in [3.63, 3.8) is 0 Å². The predicted octanol–water partition coefficient (Wildman–Crippen LogP) is 1.59. The molecule has 1 saturated heterocycles. The zero-order chi connectivity index (χ0) is 17.1. The van der Waals surface area contributed by atoms with Gasteiger partial charge in [-0.1, -0.05) is 0 Å². The second-order valence-electron chi connectivity index (χ2n) is 6.25. The van der Waals surface area contributed by atoms with Gasteiger partial charge >= 0.3 is 0 Å². The number of nitrogen functional groups attached to an aromatic ring is 1. The number of hydrogen-bond acceptors (Lipinski definition) is 6. The van der Waals surface area contributed by atoms with Gasteiger partial charge in [-0.25, -0.2) is 0 Å². The van der Waals surface area contributed by atoms with Gasteiger partial charge in [-0.2, -0.15) is 4.98 Å². The van der Waals surface area contributed by atoms with E-state index in [1.165, 1.54) is 0 Å². The van der Waals surface area contributed by atoms with Crippen LogP contribution in [0.5, 0.6) is 5.75 Å². The lowest BCUT2D eigenvalue weighted by Gasteiger charge is -2.31. The van der Waals surface area contributed by atoms with Gasteiger partial charge in [-0.3, -0.25) is 14.9 Å². The molecule has 128 valence electrons. The number of nitrogens with one attached hydrogen (secondary N) is 1. The van der Waals surface area contributed by atoms with Crippen molar-refractivity contribution in [1.82, 2.24) is 25.1 Å². The summed E-state index contributed by atoms with van der Waals surface area (Å²) < 4.78 is 5.62. The lowest BCUT2D eigenvalue weighted by molar-refractivity contribution is 0.0703. The highest BCUT2D eigenvalue weighted by atomic mass is 16.5. The Morgan fingerprint density at radius 1 is 1.46 bits per heavy atom. The van der Waals surface area contributed by atoms with Crippen LogP contribution in [0.1, 0.15) is 48.8 Å². The maximum absolute atomic E-state index is 12.8. The van der Waals surface area contributed by atoms with Gasteiger partial charge in [0.25, 0.3) is 5.91 Å². The number of nitrogens with two attached hydrogens (primary N) is 1. The summed E-state index contributed by atoms with van der Waals surface area (Å²) in [4.78, 5) is 22.9. The largest absolute Gasteiger partial charge is 0.489 e. The number of anilines is 1. The van der Waals surface area contributed by atoms with E-state index in [0.717, 1.165) is 18.7 Å². The number of aromatic amines is 1. The molecule has 8 heteroatoms. The number of carbonyl (C=O) groups excluding carboxylic acids is 1. The van der Waals surface area contributed by atoms with Crippen LogP contribution in [0, 0.1) is 0 Å². The second kappa shape index (κ2) is 6.86. The van der Waals surface area contributed by atoms with Gasteiger partial charge < -0.3 is 15.4 Å². The van der Waals surface area contributed by atoms with E-state index in [4.69, 9.17) is 10.5 Å². The van der Waals surface area contributed by atoms with E-state index in [1.807, 2.05) is 18.7 Å². The van der Waals surface area contributed by atoms with Crippen LogP contribution in [0.3, 0.4) is 0 Å². The number of rotatable bonds is 4. The quantitative estimate of drug-likeness (QED) is 0.881. The first-order valence-electron chi connectivity index (χ1n) is 8.11. The Hall–Kier alpha value is -2.64. The molecule has 3 rings (SSSR count). The lowest BCUT2D eigenvalue weighted by Crippen LogP contribution is -2.39. The van der Waals surface area contributed by atoms with Crippen LogP contribution in [0.15, 0.2) is 18.5 Å². The highest BCUT2D eigenvalue weighted by Gasteiger charge is 2.27. The number of nitrogens with zero attached hydrogens (tertiary/aromatic N) is 4. The van der Waals surface area contributed by atoms with E-state index in [2.05, 4.69) is 20.2 Å². The fraction of sp³-hybridized carbons (Fsp3) is 0.500. The summed E-state index contributed by atoms with van der Waals surface area (Å²) in [5.41, 5.74) is 6.10. The molecule has 1 unspecified atom stereocenters. The van der Waals surface area contributed by atoms with Gasteiger partial charge in [0.15, 0.2) is 0 Å². The van der Waals surface area contributed by atoms with Crippen molar-refractivity contribution in [3.8, 4) is 5.75 Å². The molecule has 0 radical (unpaired) electrons. The summed E-state index contributed by atoms with van der Waals surface area (Å²) in [6, 6.07) is 1.74. The Labute approximate surface area is 140 Å². The molecule has 1 aliphatic rings. The molecule has 2 aromatic rings. The Morgan fingerprint density at radius 3 is 3.00 bits per heavy atom. The van der Waals surface area contributed by atoms with Crippen molar-refractivity contribution >= 4 is 11.9 Å². The van der Waals surface area contributed by atoms with Gasteiger partial charge in [0, 0.05) is 25.2 Å². The molecule has 8 nitrogen and oxygen atoms in total. The first kappa shape index (κ1) is 16.2. The lowest BCUT2D eigenvalue weighted by atomic mass is 9.97. The van der Waals surface area contributed by atoms with Crippen LogP contribution in [-0.2, 0) is 0 Å². The summed E-state index contributed by atoms with van der Waals surface area (Å²) in [5, 5.41) is 6.72. The Kier molecular flexibility index (Phi) is 4.64. The van der Waals surface area contributed by atoms with E-state index in [0.29, 0.717) is 24.4 Å². The summed E-state index contributed by atoms with van der Waals surface area (Å²) in [6.07, 6.45) is 5.09. The minimum Gasteiger partial charge on any atom is -0.489 e. The summed E-state index contributed by atoms with van der Waals surface area (Å²) in [6.45, 7) is 5.18. The number of likely N-dealkylation sites (tertiary alicyclic amines) is 1. The zero-order valence-corrected chi connectivity index (χ0v) is 13.9. The number of aromatic nitrogens is 4. The number of hydrogen-bond donors (Lipinski definition) is 2. The predicted molar refractivity (Wildman–Crippen MR) is 88.7 cm³/mol. The van der Waals surface area contributed by atoms with Crippen LogP contribution in [0.4, 0.5) is 5.95 Å². The number of pyridine rings is 1. The van der Waals surface area contributed by atoms with Gasteiger partial charge in [-0.05, 0) is 32.8 Å². The van der Waals surface area contributed by atoms with E-state index in [1.54, 1.807) is 18.5 Å². The molecule has 0 spiro atoms. The molecule has 1 fully saturated rings. The Balaban J connectivity index is 1.72. The van der Waals surface area contributed by atoms with Crippen LogP contribution in [-0.4, -0.2) is 50.2 Å². The van der Waals surface area contributed by atoms with Gasteiger partial charge in [0.05, 0.1) is 17.9 Å². The van der Waals surface area contributed by atoms with Crippen molar-refractivity contribution < 1.29 is 9.53 Å². The third-order valence-electron chi connectivity index (χ3n) is 3.95. The molecule has 1 atom stereocenters. The third kappa shape index (κ3) is 3.64. The molecule has 0 aromatic carbocycles. The van der Waals surface area contributed by atoms with Crippen LogP contribution in [0.25, 0.3) is 0 Å². The van der Waals surface area contributed by atoms with Crippen molar-refractivity contribution in [1.29, 1.82) is 0 Å². The Morgan fingerprint density at radius 2 is 2.29 bits per heavy atom. The van der Waals surface area contributed by atoms with Crippen molar-refractivity contribution in [2.45, 2.75) is 38.7 Å². The SMILES string of the molecule is CC(C)Oc1cncc(C(=O)N2CCCC(c3nc(N)n[nH]3)C2)c1. The number of ether oxygens (including phenoxy) is 1. The summed E-state index contributed by atoms with van der Waals surface area (Å²) in [7, 11) is 0. The van der Waals surface area contributed by atoms with Crippen molar-refractivity contribution in [2.24, 2.45) is 0 Å². The molecule has 3 N–H and O–H groups in total. The van der Waals surface area contributed by atoms with Crippen LogP contribution >= 0.6 is 0 Å². The summed E-state index contributed by atoms with van der Waals surface area (Å²) >= 11 is 0. The van der Waals surface area contributed by atoms with Crippen LogP contribution < -0.4 is 10.5 Å². The second-order valence-corrected chi connectivity index (χ2v) is 6.25. The monoisotopic (exact) mass is 330 g/mol. The standard InChI is InChI=1S/C16H22N6O2/c1-10(2)24-13-6-12(7-18-8-13)15(23)22-5-3-4-11(9-22)14-19-16(17)21-20-14/h6-8,10-11H,3-5,9H2,1-2H3,(H3,17,19,20,21). The highest BCUT2D eigenvalue weighted by Crippen LogP contribution is 2.26. The molecule has 2 aromatic heterocycles. The number of amides is 1. The van der Waals surface area contributed by atoms with Gasteiger partial charge in [-0.15, -0.1) is 5.10 Å². The number of piperidine rings is 1. The molecule has 0 bridgehead atoms. The topological polar surface area (TPSA) is 110 Å². The molecule has 24 heavy (non-hydrogen) atoms. The van der Waals surface area contributed by atoms with E-state index in [-0.39, 0.29) is 23.9 Å². The number of carbonyl (C=O) groups is 1. The van der Waals surface area contributed by atoms with Crippen molar-refractivity contribution in [3.05, 3.63) is 29.8 Å². The molecule has 3 heterocycles. The maximum atomic E-state index is 12.8.